The monoisotopic (exact) mass is 418 g/mol. The van der Waals surface area contributed by atoms with Crippen LogP contribution in [0.4, 0.5) is 5.69 Å². The average Bonchev–Trinajstić information content (AvgIpc) is 2.72. The van der Waals surface area contributed by atoms with Crippen LogP contribution < -0.4 is 19.1 Å². The molecule has 7 nitrogen and oxygen atoms in total. The Hall–Kier alpha value is -2.74. The Balaban J connectivity index is 1.95. The number of nitrogens with zero attached hydrogens (tertiary/aromatic N) is 1. The van der Waals surface area contributed by atoms with Gasteiger partial charge in [0, 0.05) is 6.04 Å². The minimum absolute atomic E-state index is 0.0603. The lowest BCUT2D eigenvalue weighted by Crippen LogP contribution is -2.52. The quantitative estimate of drug-likeness (QED) is 0.780. The summed E-state index contributed by atoms with van der Waals surface area (Å²) in [6, 6.07) is 12.9. The third-order valence-electron chi connectivity index (χ3n) is 5.04. The zero-order valence-electron chi connectivity index (χ0n) is 17.0. The minimum atomic E-state index is -3.89. The largest absolute Gasteiger partial charge is 0.497 e. The van der Waals surface area contributed by atoms with E-state index in [4.69, 9.17) is 9.47 Å². The highest BCUT2D eigenvalue weighted by atomic mass is 32.2. The van der Waals surface area contributed by atoms with Crippen molar-refractivity contribution in [3.63, 3.8) is 0 Å². The number of hydrogen-bond acceptors (Lipinski definition) is 5. The van der Waals surface area contributed by atoms with Crippen molar-refractivity contribution in [1.82, 2.24) is 5.32 Å². The zero-order chi connectivity index (χ0) is 21.2. The number of amides is 1. The lowest BCUT2D eigenvalue weighted by Gasteiger charge is -2.35. The summed E-state index contributed by atoms with van der Waals surface area (Å²) in [5.41, 5.74) is 0.407. The van der Waals surface area contributed by atoms with E-state index in [2.05, 4.69) is 5.32 Å². The van der Waals surface area contributed by atoms with Gasteiger partial charge in [-0.15, -0.1) is 0 Å². The molecule has 0 fully saturated rings. The molecule has 8 heteroatoms. The fourth-order valence-electron chi connectivity index (χ4n) is 2.93. The Morgan fingerprint density at radius 1 is 1.14 bits per heavy atom. The van der Waals surface area contributed by atoms with E-state index in [-0.39, 0.29) is 29.3 Å². The molecule has 2 aromatic rings. The number of rotatable bonds is 6. The van der Waals surface area contributed by atoms with Crippen LogP contribution in [0, 0.1) is 5.92 Å². The first-order valence-corrected chi connectivity index (χ1v) is 10.9. The maximum Gasteiger partial charge on any atom is 0.264 e. The second-order valence-electron chi connectivity index (χ2n) is 7.33. The summed E-state index contributed by atoms with van der Waals surface area (Å²) in [5.74, 6) is 0.823. The van der Waals surface area contributed by atoms with E-state index in [1.54, 1.807) is 36.4 Å². The molecule has 0 bridgehead atoms. The van der Waals surface area contributed by atoms with Crippen molar-refractivity contribution in [3.8, 4) is 11.5 Å². The van der Waals surface area contributed by atoms with E-state index in [0.717, 1.165) is 0 Å². The molecule has 2 atom stereocenters. The number of nitrogens with one attached hydrogen (secondary N) is 1. The standard InChI is InChI=1S/C21H26N2O5S/c1-14(2)15(3)22-21(24)20-13-23(18-7-5-6-8-19(18)28-20)29(25,26)17-11-9-16(27-4)10-12-17/h5-12,14-15,20H,13H2,1-4H3,(H,22,24)/t15-,20+/m0/s1. The van der Waals surface area contributed by atoms with E-state index in [9.17, 15) is 13.2 Å². The summed E-state index contributed by atoms with van der Waals surface area (Å²) in [4.78, 5) is 12.9. The van der Waals surface area contributed by atoms with Gasteiger partial charge in [0.05, 0.1) is 24.2 Å². The zero-order valence-corrected chi connectivity index (χ0v) is 17.8. The number of fused-ring (bicyclic) bond motifs is 1. The highest BCUT2D eigenvalue weighted by Crippen LogP contribution is 2.37. The number of carbonyl (C=O) groups is 1. The van der Waals surface area contributed by atoms with Crippen molar-refractivity contribution in [2.45, 2.75) is 37.8 Å². The van der Waals surface area contributed by atoms with Crippen molar-refractivity contribution in [3.05, 3.63) is 48.5 Å². The van der Waals surface area contributed by atoms with Gasteiger partial charge in [0.15, 0.2) is 6.10 Å². The van der Waals surface area contributed by atoms with Gasteiger partial charge in [0.25, 0.3) is 15.9 Å². The molecule has 156 valence electrons. The van der Waals surface area contributed by atoms with Crippen LogP contribution in [0.3, 0.4) is 0 Å². The number of anilines is 1. The topological polar surface area (TPSA) is 84.9 Å². The molecule has 1 amide bonds. The molecule has 1 aliphatic heterocycles. The molecule has 1 aliphatic rings. The molecular weight excluding hydrogens is 392 g/mol. The van der Waals surface area contributed by atoms with Crippen molar-refractivity contribution in [2.24, 2.45) is 5.92 Å². The molecule has 0 aromatic heterocycles. The van der Waals surface area contributed by atoms with E-state index in [1.807, 2.05) is 20.8 Å². The van der Waals surface area contributed by atoms with E-state index in [1.165, 1.54) is 23.5 Å². The third kappa shape index (κ3) is 4.32. The van der Waals surface area contributed by atoms with Crippen LogP contribution in [-0.4, -0.2) is 40.1 Å². The molecule has 3 rings (SSSR count). The normalized spacial score (nSPS) is 17.3. The summed E-state index contributed by atoms with van der Waals surface area (Å²) < 4.78 is 38.9. The second-order valence-corrected chi connectivity index (χ2v) is 9.19. The van der Waals surface area contributed by atoms with Gasteiger partial charge in [-0.05, 0) is 49.2 Å². The van der Waals surface area contributed by atoms with Gasteiger partial charge >= 0.3 is 0 Å². The van der Waals surface area contributed by atoms with Gasteiger partial charge in [-0.2, -0.15) is 0 Å². The predicted molar refractivity (Wildman–Crippen MR) is 111 cm³/mol. The van der Waals surface area contributed by atoms with Gasteiger partial charge in [-0.3, -0.25) is 9.10 Å². The number of benzene rings is 2. The van der Waals surface area contributed by atoms with Crippen molar-refractivity contribution < 1.29 is 22.7 Å². The van der Waals surface area contributed by atoms with E-state index >= 15 is 0 Å². The Morgan fingerprint density at radius 3 is 2.41 bits per heavy atom. The van der Waals surface area contributed by atoms with Gasteiger partial charge in [-0.1, -0.05) is 26.0 Å². The molecule has 0 aliphatic carbocycles. The van der Waals surface area contributed by atoms with Crippen LogP contribution in [0.25, 0.3) is 0 Å². The number of ether oxygens (including phenoxy) is 2. The summed E-state index contributed by atoms with van der Waals surface area (Å²) >= 11 is 0. The summed E-state index contributed by atoms with van der Waals surface area (Å²) in [7, 11) is -2.38. The maximum atomic E-state index is 13.3. The molecule has 2 aromatic carbocycles. The Labute approximate surface area is 171 Å². The van der Waals surface area contributed by atoms with Gasteiger partial charge in [0.2, 0.25) is 0 Å². The Morgan fingerprint density at radius 2 is 1.79 bits per heavy atom. The number of hydrogen-bond donors (Lipinski definition) is 1. The number of para-hydroxylation sites is 2. The fraction of sp³-hybridized carbons (Fsp3) is 0.381. The minimum Gasteiger partial charge on any atom is -0.497 e. The Bertz CT molecular complexity index is 973. The number of carbonyl (C=O) groups excluding carboxylic acids is 1. The number of sulfonamides is 1. The molecule has 0 saturated carbocycles. The van der Waals surface area contributed by atoms with Crippen LogP contribution in [-0.2, 0) is 14.8 Å². The lowest BCUT2D eigenvalue weighted by atomic mass is 10.1. The second kappa shape index (κ2) is 8.32. The van der Waals surface area contributed by atoms with Gasteiger partial charge < -0.3 is 14.8 Å². The van der Waals surface area contributed by atoms with Crippen LogP contribution in [0.2, 0.25) is 0 Å². The van der Waals surface area contributed by atoms with E-state index in [0.29, 0.717) is 17.2 Å². The predicted octanol–water partition coefficient (Wildman–Crippen LogP) is 2.81. The first kappa shape index (κ1) is 21.0. The first-order chi connectivity index (χ1) is 13.7. The maximum absolute atomic E-state index is 13.3. The average molecular weight is 419 g/mol. The van der Waals surface area contributed by atoms with E-state index < -0.39 is 16.1 Å². The molecular formula is C21H26N2O5S. The molecule has 0 unspecified atom stereocenters. The van der Waals surface area contributed by atoms with Gasteiger partial charge in [0.1, 0.15) is 11.5 Å². The molecule has 29 heavy (non-hydrogen) atoms. The summed E-state index contributed by atoms with van der Waals surface area (Å²) in [6.45, 7) is 5.80. The first-order valence-electron chi connectivity index (χ1n) is 9.47. The highest BCUT2D eigenvalue weighted by molar-refractivity contribution is 7.92. The molecule has 1 heterocycles. The third-order valence-corrected chi connectivity index (χ3v) is 6.84. The molecule has 0 saturated heterocycles. The Kier molecular flexibility index (Phi) is 6.02. The van der Waals surface area contributed by atoms with Crippen molar-refractivity contribution in [1.29, 1.82) is 0 Å². The van der Waals surface area contributed by atoms with Crippen LogP contribution in [0.5, 0.6) is 11.5 Å². The van der Waals surface area contributed by atoms with Crippen LogP contribution >= 0.6 is 0 Å². The van der Waals surface area contributed by atoms with Crippen LogP contribution in [0.1, 0.15) is 20.8 Å². The SMILES string of the molecule is COc1ccc(S(=O)(=O)N2C[C@H](C(=O)N[C@@H](C)C(C)C)Oc3ccccc32)cc1. The molecule has 0 radical (unpaired) electrons. The molecule has 0 spiro atoms. The van der Waals surface area contributed by atoms with Gasteiger partial charge in [-0.25, -0.2) is 8.42 Å². The lowest BCUT2D eigenvalue weighted by molar-refractivity contribution is -0.128. The van der Waals surface area contributed by atoms with Crippen molar-refractivity contribution >= 4 is 21.6 Å². The summed E-state index contributed by atoms with van der Waals surface area (Å²) in [5, 5.41) is 2.90. The fourth-order valence-corrected chi connectivity index (χ4v) is 4.40. The highest BCUT2D eigenvalue weighted by Gasteiger charge is 2.37. The molecule has 1 N–H and O–H groups in total. The smallest absolute Gasteiger partial charge is 0.264 e. The summed E-state index contributed by atoms with van der Waals surface area (Å²) in [6.07, 6.45) is -0.945. The number of methoxy groups -OCH3 is 1. The van der Waals surface area contributed by atoms with Crippen molar-refractivity contribution in [2.75, 3.05) is 18.0 Å². The van der Waals surface area contributed by atoms with Crippen LogP contribution in [0.15, 0.2) is 53.4 Å².